The van der Waals surface area contributed by atoms with E-state index in [1.165, 1.54) is 24.3 Å². The second-order valence-corrected chi connectivity index (χ2v) is 6.09. The molecule has 2 aromatic rings. The van der Waals surface area contributed by atoms with E-state index in [0.717, 1.165) is 4.88 Å². The fourth-order valence-corrected chi connectivity index (χ4v) is 2.91. The van der Waals surface area contributed by atoms with Gasteiger partial charge in [-0.05, 0) is 40.9 Å². The second-order valence-electron chi connectivity index (χ2n) is 3.92. The maximum absolute atomic E-state index is 12.2. The molecule has 0 bridgehead atoms. The molecule has 1 nitrogen and oxygen atoms in total. The molecular weight excluding hydrogens is 293 g/mol. The van der Waals surface area contributed by atoms with Crippen LogP contribution in [0.2, 0.25) is 0 Å². The molecule has 0 spiro atoms. The van der Waals surface area contributed by atoms with Gasteiger partial charge in [-0.2, -0.15) is 13.2 Å². The summed E-state index contributed by atoms with van der Waals surface area (Å²) >= 11 is 1.39. The molecule has 1 aromatic heterocycles. The van der Waals surface area contributed by atoms with Crippen molar-refractivity contribution in [2.24, 2.45) is 0 Å². The summed E-state index contributed by atoms with van der Waals surface area (Å²) in [4.78, 5) is 1.17. The number of halogens is 3. The van der Waals surface area contributed by atoms with Gasteiger partial charge in [-0.3, -0.25) is 0 Å². The normalized spacial score (nSPS) is 13.5. The molecule has 6 heteroatoms. The highest BCUT2D eigenvalue weighted by molar-refractivity contribution is 8.00. The van der Waals surface area contributed by atoms with Gasteiger partial charge < -0.3 is 5.11 Å². The van der Waals surface area contributed by atoms with E-state index in [1.807, 2.05) is 17.5 Å². The first-order valence-corrected chi connectivity index (χ1v) is 7.20. The van der Waals surface area contributed by atoms with Gasteiger partial charge in [-0.15, -0.1) is 11.3 Å². The van der Waals surface area contributed by atoms with Crippen LogP contribution in [0.1, 0.15) is 16.5 Å². The SMILES string of the molecule is OC(Cc1cccs1)c1ccc(SC(F)(F)F)cc1. The first-order chi connectivity index (χ1) is 8.94. The van der Waals surface area contributed by atoms with Crippen LogP contribution >= 0.6 is 23.1 Å². The molecule has 0 aliphatic rings. The third kappa shape index (κ3) is 4.56. The van der Waals surface area contributed by atoms with Crippen molar-refractivity contribution in [2.45, 2.75) is 22.9 Å². The zero-order valence-electron chi connectivity index (χ0n) is 9.72. The maximum atomic E-state index is 12.2. The lowest BCUT2D eigenvalue weighted by atomic mass is 10.1. The van der Waals surface area contributed by atoms with Gasteiger partial charge in [-0.25, -0.2) is 0 Å². The lowest BCUT2D eigenvalue weighted by Crippen LogP contribution is -2.01. The summed E-state index contributed by atoms with van der Waals surface area (Å²) in [5.74, 6) is 0. The minimum absolute atomic E-state index is 0.125. The quantitative estimate of drug-likeness (QED) is 0.831. The van der Waals surface area contributed by atoms with Crippen molar-refractivity contribution in [1.29, 1.82) is 0 Å². The van der Waals surface area contributed by atoms with Gasteiger partial charge in [0.15, 0.2) is 0 Å². The molecule has 1 unspecified atom stereocenters. The Kier molecular flexibility index (Phi) is 4.54. The van der Waals surface area contributed by atoms with Crippen molar-refractivity contribution in [3.63, 3.8) is 0 Å². The monoisotopic (exact) mass is 304 g/mol. The summed E-state index contributed by atoms with van der Waals surface area (Å²) in [5, 5.41) is 11.9. The Hall–Kier alpha value is -0.980. The maximum Gasteiger partial charge on any atom is 0.446 e. The molecule has 0 saturated carbocycles. The number of aliphatic hydroxyl groups is 1. The fraction of sp³-hybridized carbons (Fsp3) is 0.231. The van der Waals surface area contributed by atoms with E-state index < -0.39 is 11.6 Å². The molecule has 0 aliphatic heterocycles. The number of thioether (sulfide) groups is 1. The lowest BCUT2D eigenvalue weighted by molar-refractivity contribution is -0.0328. The Balaban J connectivity index is 2.01. The van der Waals surface area contributed by atoms with Crippen molar-refractivity contribution in [2.75, 3.05) is 0 Å². The summed E-state index contributed by atoms with van der Waals surface area (Å²) in [7, 11) is 0. The van der Waals surface area contributed by atoms with Gasteiger partial charge in [0.25, 0.3) is 0 Å². The van der Waals surface area contributed by atoms with Crippen molar-refractivity contribution in [3.8, 4) is 0 Å². The molecular formula is C13H11F3OS2. The number of thiophene rings is 1. The van der Waals surface area contributed by atoms with E-state index in [0.29, 0.717) is 12.0 Å². The van der Waals surface area contributed by atoms with Crippen LogP contribution in [-0.2, 0) is 6.42 Å². The number of hydrogen-bond acceptors (Lipinski definition) is 3. The average molecular weight is 304 g/mol. The van der Waals surface area contributed by atoms with Crippen molar-refractivity contribution in [3.05, 3.63) is 52.2 Å². The molecule has 1 N–H and O–H groups in total. The van der Waals surface area contributed by atoms with Crippen LogP contribution in [0, 0.1) is 0 Å². The molecule has 0 radical (unpaired) electrons. The number of alkyl halides is 3. The van der Waals surface area contributed by atoms with Crippen LogP contribution in [0.15, 0.2) is 46.7 Å². The highest BCUT2D eigenvalue weighted by Gasteiger charge is 2.29. The Morgan fingerprint density at radius 3 is 2.37 bits per heavy atom. The van der Waals surface area contributed by atoms with Crippen molar-refractivity contribution in [1.82, 2.24) is 0 Å². The Morgan fingerprint density at radius 2 is 1.84 bits per heavy atom. The smallest absolute Gasteiger partial charge is 0.388 e. The van der Waals surface area contributed by atoms with E-state index in [9.17, 15) is 18.3 Å². The minimum Gasteiger partial charge on any atom is -0.388 e. The largest absolute Gasteiger partial charge is 0.446 e. The molecule has 0 aliphatic carbocycles. The molecule has 0 fully saturated rings. The Bertz CT molecular complexity index is 506. The van der Waals surface area contributed by atoms with Crippen LogP contribution in [-0.4, -0.2) is 10.6 Å². The first-order valence-electron chi connectivity index (χ1n) is 5.50. The first kappa shape index (κ1) is 14.4. The fourth-order valence-electron chi connectivity index (χ4n) is 1.63. The molecule has 2 rings (SSSR count). The van der Waals surface area contributed by atoms with Gasteiger partial charge in [0, 0.05) is 16.2 Å². The predicted molar refractivity (Wildman–Crippen MR) is 71.3 cm³/mol. The molecule has 1 aromatic carbocycles. The van der Waals surface area contributed by atoms with E-state index in [-0.39, 0.29) is 16.7 Å². The Morgan fingerprint density at radius 1 is 1.16 bits per heavy atom. The molecule has 19 heavy (non-hydrogen) atoms. The molecule has 1 atom stereocenters. The predicted octanol–water partition coefficient (Wildman–Crippen LogP) is 4.64. The zero-order chi connectivity index (χ0) is 13.9. The van der Waals surface area contributed by atoms with Crippen LogP contribution < -0.4 is 0 Å². The van der Waals surface area contributed by atoms with E-state index >= 15 is 0 Å². The van der Waals surface area contributed by atoms with Gasteiger partial charge in [0.2, 0.25) is 0 Å². The van der Waals surface area contributed by atoms with E-state index in [4.69, 9.17) is 0 Å². The summed E-state index contributed by atoms with van der Waals surface area (Å²) < 4.78 is 36.5. The molecule has 102 valence electrons. The summed E-state index contributed by atoms with van der Waals surface area (Å²) in [6.07, 6.45) is -0.216. The van der Waals surface area contributed by atoms with Crippen molar-refractivity contribution < 1.29 is 18.3 Å². The summed E-state index contributed by atoms with van der Waals surface area (Å²) in [6.45, 7) is 0. The highest BCUT2D eigenvalue weighted by Crippen LogP contribution is 2.37. The topological polar surface area (TPSA) is 20.2 Å². The highest BCUT2D eigenvalue weighted by atomic mass is 32.2. The average Bonchev–Trinajstić information content (AvgIpc) is 2.80. The third-order valence-electron chi connectivity index (χ3n) is 2.47. The van der Waals surface area contributed by atoms with Crippen molar-refractivity contribution >= 4 is 23.1 Å². The number of aliphatic hydroxyl groups excluding tert-OH is 1. The van der Waals surface area contributed by atoms with Gasteiger partial charge >= 0.3 is 5.51 Å². The molecule has 1 heterocycles. The lowest BCUT2D eigenvalue weighted by Gasteiger charge is -2.11. The van der Waals surface area contributed by atoms with Gasteiger partial charge in [-0.1, -0.05) is 18.2 Å². The minimum atomic E-state index is -4.28. The van der Waals surface area contributed by atoms with Crippen LogP contribution in [0.4, 0.5) is 13.2 Å². The Labute approximate surface area is 117 Å². The van der Waals surface area contributed by atoms with E-state index in [2.05, 4.69) is 0 Å². The number of hydrogen-bond donors (Lipinski definition) is 1. The van der Waals surface area contributed by atoms with E-state index in [1.54, 1.807) is 11.3 Å². The molecule has 0 saturated heterocycles. The standard InChI is InChI=1S/C13H11F3OS2/c14-13(15,16)19-10-5-3-9(4-6-10)12(17)8-11-2-1-7-18-11/h1-7,12,17H,8H2. The number of rotatable bonds is 4. The summed E-state index contributed by atoms with van der Waals surface area (Å²) in [6, 6.07) is 9.65. The van der Waals surface area contributed by atoms with Gasteiger partial charge in [0.1, 0.15) is 0 Å². The summed E-state index contributed by atoms with van der Waals surface area (Å²) in [5.41, 5.74) is -3.66. The van der Waals surface area contributed by atoms with Crippen LogP contribution in [0.25, 0.3) is 0 Å². The van der Waals surface area contributed by atoms with Crippen LogP contribution in [0.5, 0.6) is 0 Å². The van der Waals surface area contributed by atoms with Gasteiger partial charge in [0.05, 0.1) is 6.10 Å². The molecule has 0 amide bonds. The third-order valence-corrected chi connectivity index (χ3v) is 4.11. The van der Waals surface area contributed by atoms with Crippen LogP contribution in [0.3, 0.4) is 0 Å². The number of benzene rings is 1. The second kappa shape index (κ2) is 5.98. The zero-order valence-corrected chi connectivity index (χ0v) is 11.4.